The summed E-state index contributed by atoms with van der Waals surface area (Å²) in [6.45, 7) is 10.6. The summed E-state index contributed by atoms with van der Waals surface area (Å²) in [5.41, 5.74) is 1.69. The summed E-state index contributed by atoms with van der Waals surface area (Å²) >= 11 is 0. The fourth-order valence-corrected chi connectivity index (χ4v) is 10.5. The highest BCUT2D eigenvalue weighted by Crippen LogP contribution is 2.53. The van der Waals surface area contributed by atoms with Crippen molar-refractivity contribution < 1.29 is 71.0 Å². The molecule has 6 unspecified atom stereocenters. The highest BCUT2D eigenvalue weighted by Gasteiger charge is 2.50. The molecular weight excluding hydrogens is 1040 g/mol. The van der Waals surface area contributed by atoms with Crippen LogP contribution in [0.4, 0.5) is 0 Å². The molecule has 22 heteroatoms. The molecule has 0 aromatic carbocycles. The molecule has 0 saturated heterocycles. The number of aryl methyl sites for hydroxylation is 1. The van der Waals surface area contributed by atoms with Crippen LogP contribution in [0.5, 0.6) is 0 Å². The normalized spacial score (nSPS) is 17.8. The number of phosphoric ester groups is 1. The first kappa shape index (κ1) is 69.7. The van der Waals surface area contributed by atoms with Crippen LogP contribution in [0.25, 0.3) is 0 Å². The number of hydrogen-bond donors (Lipinski definition) is 5. The molecule has 21 nitrogen and oxygen atoms in total. The molecular formula is C57H105N7O14P+. The van der Waals surface area contributed by atoms with Gasteiger partial charge >= 0.3 is 19.8 Å². The largest absolute Gasteiger partial charge is 0.481 e. The first-order valence-corrected chi connectivity index (χ1v) is 31.5. The number of quaternary nitrogens is 1. The molecule has 1 aromatic rings. The fourth-order valence-electron chi connectivity index (χ4n) is 9.79. The Balaban J connectivity index is 1.39. The van der Waals surface area contributed by atoms with Crippen LogP contribution in [0.15, 0.2) is 0 Å². The third kappa shape index (κ3) is 32.0. The van der Waals surface area contributed by atoms with E-state index in [0.717, 1.165) is 62.8 Å². The molecule has 1 saturated carbocycles. The van der Waals surface area contributed by atoms with Gasteiger partial charge in [0.15, 0.2) is 0 Å². The maximum absolute atomic E-state index is 13.9. The molecule has 2 aliphatic rings. The number of aliphatic carboxylic acids is 1. The molecule has 0 aliphatic heterocycles. The molecule has 0 bridgehead atoms. The minimum Gasteiger partial charge on any atom is -0.481 e. The minimum atomic E-state index is -4.63. The molecule has 3 amide bonds. The molecule has 0 spiro atoms. The quantitative estimate of drug-likeness (QED) is 0.0180. The second-order valence-electron chi connectivity index (χ2n) is 23.7. The number of carboxylic acids is 1. The lowest BCUT2D eigenvalue weighted by Crippen LogP contribution is -2.55. The standard InChI is InChI=1S/C57H104N7O14P/c1-8-9-10-11-12-13-14-15-16-17-18-19-20-21-24-27-52(65)59-50(44-78-79(71,72)77-38-35-64(5,6)7)55(69)60-49(26-23-22-25-28-53(66)67)54(68)58-33-36-73-39-41-75-42-40-74-37-34-63-51-32-30-46-45(29-31-48(51)61-62-63)47(46)43-76-56(70)57(2,3)4/h45-47,49-50H,8-44H2,1-7H3,(H4-,58,59,60,65,66,67,68,69,71,72)/p+1. The highest BCUT2D eigenvalue weighted by molar-refractivity contribution is 7.47. The smallest absolute Gasteiger partial charge is 0.472 e. The van der Waals surface area contributed by atoms with Gasteiger partial charge in [0.05, 0.1) is 97.3 Å². The number of phosphoric acid groups is 1. The lowest BCUT2D eigenvalue weighted by atomic mass is 9.97. The molecule has 0 radical (unpaired) electrons. The number of carbonyl (C=O) groups excluding carboxylic acids is 4. The van der Waals surface area contributed by atoms with Crippen LogP contribution < -0.4 is 16.0 Å². The Morgan fingerprint density at radius 1 is 0.696 bits per heavy atom. The molecule has 3 rings (SSSR count). The lowest BCUT2D eigenvalue weighted by molar-refractivity contribution is -0.870. The Bertz CT molecular complexity index is 1940. The zero-order valence-electron chi connectivity index (χ0n) is 49.6. The Hall–Kier alpha value is -3.56. The summed E-state index contributed by atoms with van der Waals surface area (Å²) in [5.74, 6) is -1.27. The van der Waals surface area contributed by atoms with Gasteiger partial charge < -0.3 is 49.4 Å². The third-order valence-electron chi connectivity index (χ3n) is 14.7. The predicted molar refractivity (Wildman–Crippen MR) is 302 cm³/mol. The number of ether oxygens (including phenoxy) is 4. The van der Waals surface area contributed by atoms with Crippen LogP contribution in [0, 0.1) is 23.2 Å². The second-order valence-corrected chi connectivity index (χ2v) is 25.2. The zero-order chi connectivity index (χ0) is 57.9. The van der Waals surface area contributed by atoms with E-state index in [4.69, 9.17) is 33.1 Å². The number of nitrogens with zero attached hydrogens (tertiary/aromatic N) is 4. The third-order valence-corrected chi connectivity index (χ3v) is 15.7. The number of unbranched alkanes of at least 4 members (excludes halogenated alkanes) is 16. The van der Waals surface area contributed by atoms with E-state index < -0.39 is 55.6 Å². The molecule has 79 heavy (non-hydrogen) atoms. The molecule has 2 aliphatic carbocycles. The number of esters is 1. The minimum absolute atomic E-state index is 0.0322. The summed E-state index contributed by atoms with van der Waals surface area (Å²) < 4.78 is 48.5. The van der Waals surface area contributed by atoms with Gasteiger partial charge in [-0.1, -0.05) is 115 Å². The van der Waals surface area contributed by atoms with Crippen molar-refractivity contribution in [3.8, 4) is 0 Å². The maximum Gasteiger partial charge on any atom is 0.472 e. The number of hydrogen-bond acceptors (Lipinski definition) is 14. The van der Waals surface area contributed by atoms with Gasteiger partial charge in [0.1, 0.15) is 25.2 Å². The van der Waals surface area contributed by atoms with Crippen molar-refractivity contribution in [2.24, 2.45) is 23.2 Å². The SMILES string of the molecule is CCCCCCCCCCCCCCCCCC(=O)NC(COP(=O)(O)OCC[N+](C)(C)C)C(=O)NC(CCCCCC(=O)O)C(=O)NCCOCCOCCOCCn1nnc2c1CCC1C(CC2)C1COC(=O)C(C)(C)C. The van der Waals surface area contributed by atoms with Crippen LogP contribution in [0.3, 0.4) is 0 Å². The van der Waals surface area contributed by atoms with E-state index in [1.807, 2.05) is 46.6 Å². The molecule has 1 aromatic heterocycles. The van der Waals surface area contributed by atoms with Gasteiger partial charge in [-0.3, -0.25) is 33.0 Å². The van der Waals surface area contributed by atoms with E-state index in [1.165, 1.54) is 64.2 Å². The number of amides is 3. The average molecular weight is 1140 g/mol. The number of fused-ring (bicyclic) bond motifs is 2. The molecule has 5 N–H and O–H groups in total. The second kappa shape index (κ2) is 39.0. The van der Waals surface area contributed by atoms with E-state index in [9.17, 15) is 33.4 Å². The average Bonchev–Trinajstić information content (AvgIpc) is 3.98. The van der Waals surface area contributed by atoms with Crippen molar-refractivity contribution in [1.29, 1.82) is 0 Å². The van der Waals surface area contributed by atoms with Gasteiger partial charge in [-0.05, 0) is 83.5 Å². The van der Waals surface area contributed by atoms with Crippen LogP contribution in [-0.4, -0.2) is 165 Å². The van der Waals surface area contributed by atoms with Crippen LogP contribution >= 0.6 is 7.82 Å². The van der Waals surface area contributed by atoms with E-state index >= 15 is 0 Å². The maximum atomic E-state index is 13.9. The Labute approximate surface area is 473 Å². The molecule has 1 fully saturated rings. The van der Waals surface area contributed by atoms with Crippen molar-refractivity contribution in [3.63, 3.8) is 0 Å². The summed E-state index contributed by atoms with van der Waals surface area (Å²) in [4.78, 5) is 74.5. The Kier molecular flexibility index (Phi) is 34.4. The molecule has 456 valence electrons. The first-order chi connectivity index (χ1) is 37.7. The van der Waals surface area contributed by atoms with Gasteiger partial charge in [-0.15, -0.1) is 5.10 Å². The zero-order valence-corrected chi connectivity index (χ0v) is 50.5. The first-order valence-electron chi connectivity index (χ1n) is 30.0. The Morgan fingerprint density at radius 3 is 1.85 bits per heavy atom. The monoisotopic (exact) mass is 1140 g/mol. The summed E-state index contributed by atoms with van der Waals surface area (Å²) in [6.07, 6.45) is 23.1. The van der Waals surface area contributed by atoms with Gasteiger partial charge in [0.2, 0.25) is 17.7 Å². The highest BCUT2D eigenvalue weighted by atomic mass is 31.2. The number of carboxylic acid groups (broad SMARTS) is 1. The number of rotatable bonds is 47. The van der Waals surface area contributed by atoms with Crippen molar-refractivity contribution >= 4 is 37.5 Å². The van der Waals surface area contributed by atoms with Gasteiger partial charge in [0.25, 0.3) is 0 Å². The van der Waals surface area contributed by atoms with Gasteiger partial charge in [-0.25, -0.2) is 9.25 Å². The van der Waals surface area contributed by atoms with Crippen molar-refractivity contribution in [1.82, 2.24) is 30.9 Å². The number of carbonyl (C=O) groups is 5. The molecule has 6 atom stereocenters. The van der Waals surface area contributed by atoms with Crippen molar-refractivity contribution in [2.75, 3.05) is 93.7 Å². The summed E-state index contributed by atoms with van der Waals surface area (Å²) in [7, 11) is 1.07. The summed E-state index contributed by atoms with van der Waals surface area (Å²) in [6, 6.07) is -2.49. The van der Waals surface area contributed by atoms with E-state index in [1.54, 1.807) is 0 Å². The van der Waals surface area contributed by atoms with Crippen molar-refractivity contribution in [3.05, 3.63) is 11.4 Å². The summed E-state index contributed by atoms with van der Waals surface area (Å²) in [5, 5.41) is 26.1. The van der Waals surface area contributed by atoms with E-state index in [0.29, 0.717) is 94.0 Å². The fraction of sp³-hybridized carbons (Fsp3) is 0.877. The molecule has 1 heterocycles. The number of likely N-dealkylation sites (N-methyl/N-ethyl adjacent to an activating group) is 1. The van der Waals surface area contributed by atoms with E-state index in [2.05, 4.69) is 33.2 Å². The van der Waals surface area contributed by atoms with Crippen LogP contribution in [0.2, 0.25) is 0 Å². The van der Waals surface area contributed by atoms with Gasteiger partial charge in [-0.2, -0.15) is 0 Å². The van der Waals surface area contributed by atoms with Crippen LogP contribution in [0.1, 0.15) is 187 Å². The predicted octanol–water partition coefficient (Wildman–Crippen LogP) is 7.88. The number of aromatic nitrogens is 3. The van der Waals surface area contributed by atoms with Gasteiger partial charge in [0, 0.05) is 19.4 Å². The topological polar surface area (TPSA) is 265 Å². The van der Waals surface area contributed by atoms with E-state index in [-0.39, 0.29) is 51.6 Å². The van der Waals surface area contributed by atoms with Crippen molar-refractivity contribution in [2.45, 2.75) is 207 Å². The number of nitrogens with one attached hydrogen (secondary N) is 3. The lowest BCUT2D eigenvalue weighted by Gasteiger charge is -2.25. The van der Waals surface area contributed by atoms with Crippen LogP contribution in [-0.2, 0) is 75.9 Å². The Morgan fingerprint density at radius 2 is 1.25 bits per heavy atom.